The maximum atomic E-state index is 6.61. The van der Waals surface area contributed by atoms with Crippen molar-refractivity contribution < 1.29 is 0 Å². The highest BCUT2D eigenvalue weighted by Gasteiger charge is 2.20. The Morgan fingerprint density at radius 2 is 1.85 bits per heavy atom. The number of hydrogen-bond acceptors (Lipinski definition) is 1. The van der Waals surface area contributed by atoms with Gasteiger partial charge in [0.2, 0.25) is 0 Å². The fourth-order valence-electron chi connectivity index (χ4n) is 2.44. The van der Waals surface area contributed by atoms with E-state index in [-0.39, 0.29) is 5.38 Å². The molecule has 0 saturated carbocycles. The van der Waals surface area contributed by atoms with Crippen molar-refractivity contribution in [2.45, 2.75) is 18.8 Å². The van der Waals surface area contributed by atoms with E-state index in [2.05, 4.69) is 16.5 Å². The third-order valence-electron chi connectivity index (χ3n) is 3.38. The van der Waals surface area contributed by atoms with Gasteiger partial charge in [-0.1, -0.05) is 48.0 Å². The van der Waals surface area contributed by atoms with Crippen molar-refractivity contribution in [2.24, 2.45) is 0 Å². The standard InChI is InChI=1S/C16H14Cl2N2/c1-2-20-15-12(17)9-6-10-13(15)19-16(20)14(18)11-7-4-3-5-8-11/h3-10,14H,2H2,1H3. The van der Waals surface area contributed by atoms with E-state index in [1.165, 1.54) is 0 Å². The van der Waals surface area contributed by atoms with E-state index >= 15 is 0 Å². The fraction of sp³-hybridized carbons (Fsp3) is 0.188. The van der Waals surface area contributed by atoms with E-state index in [1.54, 1.807) is 0 Å². The lowest BCUT2D eigenvalue weighted by Crippen LogP contribution is -2.05. The number of imidazole rings is 1. The number of rotatable bonds is 3. The molecule has 20 heavy (non-hydrogen) atoms. The minimum absolute atomic E-state index is 0.278. The smallest absolute Gasteiger partial charge is 0.132 e. The Morgan fingerprint density at radius 3 is 2.55 bits per heavy atom. The SMILES string of the molecule is CCn1c(C(Cl)c2ccccc2)nc2cccc(Cl)c21. The Bertz CT molecular complexity index is 735. The summed E-state index contributed by atoms with van der Waals surface area (Å²) in [5, 5.41) is 0.430. The Morgan fingerprint density at radius 1 is 1.10 bits per heavy atom. The molecule has 1 atom stereocenters. The summed E-state index contributed by atoms with van der Waals surface area (Å²) in [4.78, 5) is 4.67. The third-order valence-corrected chi connectivity index (χ3v) is 4.13. The molecule has 1 unspecified atom stereocenters. The maximum Gasteiger partial charge on any atom is 0.132 e. The largest absolute Gasteiger partial charge is 0.326 e. The van der Waals surface area contributed by atoms with Gasteiger partial charge in [-0.05, 0) is 24.6 Å². The molecule has 2 nitrogen and oxygen atoms in total. The van der Waals surface area contributed by atoms with Gasteiger partial charge in [-0.2, -0.15) is 0 Å². The molecule has 0 N–H and O–H groups in total. The summed E-state index contributed by atoms with van der Waals surface area (Å²) in [5.74, 6) is 0.837. The highest BCUT2D eigenvalue weighted by atomic mass is 35.5. The lowest BCUT2D eigenvalue weighted by atomic mass is 10.1. The average Bonchev–Trinajstić information content (AvgIpc) is 2.87. The van der Waals surface area contributed by atoms with E-state index in [9.17, 15) is 0 Å². The molecule has 4 heteroatoms. The van der Waals surface area contributed by atoms with Crippen molar-refractivity contribution in [1.82, 2.24) is 9.55 Å². The number of fused-ring (bicyclic) bond motifs is 1. The van der Waals surface area contributed by atoms with Crippen LogP contribution in [0.15, 0.2) is 48.5 Å². The van der Waals surface area contributed by atoms with Crippen LogP contribution in [0.5, 0.6) is 0 Å². The number of hydrogen-bond donors (Lipinski definition) is 0. The second kappa shape index (κ2) is 5.47. The van der Waals surface area contributed by atoms with Crippen LogP contribution in [0.3, 0.4) is 0 Å². The van der Waals surface area contributed by atoms with Gasteiger partial charge in [-0.3, -0.25) is 0 Å². The first-order valence-electron chi connectivity index (χ1n) is 6.56. The molecule has 0 saturated heterocycles. The molecule has 1 heterocycles. The van der Waals surface area contributed by atoms with Gasteiger partial charge in [-0.15, -0.1) is 11.6 Å². The zero-order valence-corrected chi connectivity index (χ0v) is 12.6. The summed E-state index contributed by atoms with van der Waals surface area (Å²) in [5.41, 5.74) is 2.87. The Balaban J connectivity index is 2.19. The zero-order valence-electron chi connectivity index (χ0n) is 11.1. The molecule has 3 rings (SSSR count). The van der Waals surface area contributed by atoms with Crippen LogP contribution in [-0.2, 0) is 6.54 Å². The van der Waals surface area contributed by atoms with Gasteiger partial charge in [0.25, 0.3) is 0 Å². The van der Waals surface area contributed by atoms with Gasteiger partial charge >= 0.3 is 0 Å². The molecule has 0 spiro atoms. The molecule has 102 valence electrons. The van der Waals surface area contributed by atoms with Gasteiger partial charge in [0.05, 0.1) is 16.1 Å². The lowest BCUT2D eigenvalue weighted by Gasteiger charge is -2.12. The minimum Gasteiger partial charge on any atom is -0.326 e. The topological polar surface area (TPSA) is 17.8 Å². The number of nitrogens with zero attached hydrogens (tertiary/aromatic N) is 2. The Hall–Kier alpha value is -1.51. The molecule has 3 aromatic rings. The summed E-state index contributed by atoms with van der Waals surface area (Å²) in [6, 6.07) is 15.7. The first kappa shape index (κ1) is 13.5. The van der Waals surface area contributed by atoms with Crippen LogP contribution in [0, 0.1) is 0 Å². The number of para-hydroxylation sites is 1. The predicted octanol–water partition coefficient (Wildman–Crippen LogP) is 5.04. The van der Waals surface area contributed by atoms with Crippen molar-refractivity contribution >= 4 is 34.2 Å². The van der Waals surface area contributed by atoms with E-state index in [0.29, 0.717) is 5.02 Å². The van der Waals surface area contributed by atoms with Crippen LogP contribution < -0.4 is 0 Å². The quantitative estimate of drug-likeness (QED) is 0.620. The number of alkyl halides is 1. The molecule has 2 aromatic carbocycles. The summed E-state index contributed by atoms with van der Waals surface area (Å²) in [6.07, 6.45) is 0. The average molecular weight is 305 g/mol. The van der Waals surface area contributed by atoms with Crippen LogP contribution in [0.25, 0.3) is 11.0 Å². The van der Waals surface area contributed by atoms with Crippen molar-refractivity contribution in [3.63, 3.8) is 0 Å². The van der Waals surface area contributed by atoms with Crippen LogP contribution in [0.2, 0.25) is 5.02 Å². The number of aryl methyl sites for hydroxylation is 1. The monoisotopic (exact) mass is 304 g/mol. The summed E-state index contributed by atoms with van der Waals surface area (Å²) < 4.78 is 2.09. The normalized spacial score (nSPS) is 12.8. The predicted molar refractivity (Wildman–Crippen MR) is 84.6 cm³/mol. The first-order chi connectivity index (χ1) is 9.72. The number of halogens is 2. The molecule has 0 aliphatic heterocycles. The summed E-state index contributed by atoms with van der Waals surface area (Å²) in [7, 11) is 0. The number of benzene rings is 2. The number of aromatic nitrogens is 2. The lowest BCUT2D eigenvalue weighted by molar-refractivity contribution is 0.726. The van der Waals surface area contributed by atoms with Gasteiger partial charge in [0.15, 0.2) is 0 Å². The molecule has 1 aromatic heterocycles. The first-order valence-corrected chi connectivity index (χ1v) is 7.37. The van der Waals surface area contributed by atoms with Crippen LogP contribution in [0.4, 0.5) is 0 Å². The molecule has 0 radical (unpaired) electrons. The minimum atomic E-state index is -0.278. The van der Waals surface area contributed by atoms with Crippen LogP contribution >= 0.6 is 23.2 Å². The van der Waals surface area contributed by atoms with Gasteiger partial charge < -0.3 is 4.57 Å². The summed E-state index contributed by atoms with van der Waals surface area (Å²) in [6.45, 7) is 2.86. The van der Waals surface area contributed by atoms with Gasteiger partial charge in [0, 0.05) is 6.54 Å². The van der Waals surface area contributed by atoms with E-state index in [0.717, 1.165) is 29.0 Å². The van der Waals surface area contributed by atoms with Crippen molar-refractivity contribution in [1.29, 1.82) is 0 Å². The molecular formula is C16H14Cl2N2. The third kappa shape index (κ3) is 2.19. The van der Waals surface area contributed by atoms with E-state index in [4.69, 9.17) is 23.2 Å². The molecule has 0 amide bonds. The van der Waals surface area contributed by atoms with E-state index in [1.807, 2.05) is 48.5 Å². The molecule has 0 aliphatic carbocycles. The zero-order chi connectivity index (χ0) is 14.1. The molecule has 0 bridgehead atoms. The molecule has 0 fully saturated rings. The highest BCUT2D eigenvalue weighted by Crippen LogP contribution is 2.33. The molecule has 0 aliphatic rings. The van der Waals surface area contributed by atoms with E-state index < -0.39 is 0 Å². The van der Waals surface area contributed by atoms with Crippen molar-refractivity contribution in [2.75, 3.05) is 0 Å². The second-order valence-electron chi connectivity index (χ2n) is 4.60. The van der Waals surface area contributed by atoms with Crippen molar-refractivity contribution in [3.05, 3.63) is 64.9 Å². The summed E-state index contributed by atoms with van der Waals surface area (Å²) >= 11 is 12.9. The molecular weight excluding hydrogens is 291 g/mol. The van der Waals surface area contributed by atoms with Gasteiger partial charge in [-0.25, -0.2) is 4.98 Å². The van der Waals surface area contributed by atoms with Crippen LogP contribution in [-0.4, -0.2) is 9.55 Å². The van der Waals surface area contributed by atoms with Crippen molar-refractivity contribution in [3.8, 4) is 0 Å². The van der Waals surface area contributed by atoms with Gasteiger partial charge in [0.1, 0.15) is 11.2 Å². The highest BCUT2D eigenvalue weighted by molar-refractivity contribution is 6.35. The Labute approximate surface area is 128 Å². The Kier molecular flexibility index (Phi) is 3.68. The second-order valence-corrected chi connectivity index (χ2v) is 5.44. The maximum absolute atomic E-state index is 6.61. The fourth-order valence-corrected chi connectivity index (χ4v) is 3.03. The van der Waals surface area contributed by atoms with Crippen LogP contribution in [0.1, 0.15) is 23.7 Å².